The monoisotopic (exact) mass is 283 g/mol. The third kappa shape index (κ3) is 1.77. The zero-order valence-corrected chi connectivity index (χ0v) is 11.9. The Morgan fingerprint density at radius 1 is 1.29 bits per heavy atom. The Morgan fingerprint density at radius 2 is 2.05 bits per heavy atom. The molecular weight excluding hydrogens is 266 g/mol. The zero-order chi connectivity index (χ0) is 14.6. The van der Waals surface area contributed by atoms with Gasteiger partial charge in [-0.25, -0.2) is 4.79 Å². The van der Waals surface area contributed by atoms with E-state index in [0.717, 1.165) is 21.9 Å². The largest absolute Gasteiger partial charge is 0.478 e. The quantitative estimate of drug-likeness (QED) is 0.784. The van der Waals surface area contributed by atoms with Crippen molar-refractivity contribution in [3.8, 4) is 0 Å². The molecule has 0 saturated heterocycles. The lowest BCUT2D eigenvalue weighted by molar-refractivity contribution is 0.0697. The van der Waals surface area contributed by atoms with E-state index in [1.165, 1.54) is 25.7 Å². The Kier molecular flexibility index (Phi) is 2.58. The van der Waals surface area contributed by atoms with E-state index in [2.05, 4.69) is 9.67 Å². The van der Waals surface area contributed by atoms with Crippen molar-refractivity contribution in [3.05, 3.63) is 30.0 Å². The molecule has 0 bridgehead atoms. The van der Waals surface area contributed by atoms with Crippen molar-refractivity contribution in [2.45, 2.75) is 31.7 Å². The van der Waals surface area contributed by atoms with Gasteiger partial charge in [-0.05, 0) is 31.0 Å². The summed E-state index contributed by atoms with van der Waals surface area (Å²) >= 11 is 0. The lowest BCUT2D eigenvalue weighted by Gasteiger charge is -2.14. The van der Waals surface area contributed by atoms with Gasteiger partial charge in [-0.2, -0.15) is 5.10 Å². The number of aromatic carboxylic acids is 1. The number of benzene rings is 1. The van der Waals surface area contributed by atoms with E-state index in [-0.39, 0.29) is 0 Å². The summed E-state index contributed by atoms with van der Waals surface area (Å²) in [5, 5.41) is 14.7. The lowest BCUT2D eigenvalue weighted by atomic mass is 10.1. The molecule has 1 fully saturated rings. The van der Waals surface area contributed by atoms with E-state index < -0.39 is 5.97 Å². The first kappa shape index (κ1) is 12.4. The van der Waals surface area contributed by atoms with Crippen molar-refractivity contribution in [2.75, 3.05) is 0 Å². The van der Waals surface area contributed by atoms with Crippen molar-refractivity contribution in [3.63, 3.8) is 0 Å². The van der Waals surface area contributed by atoms with E-state index in [4.69, 9.17) is 0 Å². The molecule has 1 N–H and O–H groups in total. The number of carboxylic acids is 1. The molecule has 0 spiro atoms. The summed E-state index contributed by atoms with van der Waals surface area (Å²) in [6.45, 7) is 0. The topological polar surface area (TPSA) is 60.1 Å². The molecule has 0 unspecified atom stereocenters. The van der Waals surface area contributed by atoms with Crippen LogP contribution in [0.25, 0.3) is 21.9 Å². The van der Waals surface area contributed by atoms with E-state index in [1.807, 2.05) is 24.0 Å². The number of carbonyl (C=O) groups is 1. The van der Waals surface area contributed by atoms with Crippen LogP contribution in [0.3, 0.4) is 0 Å². The number of rotatable bonds is 2. The average Bonchev–Trinajstić information content (AvgIpc) is 3.13. The third-order valence-corrected chi connectivity index (χ3v) is 4.52. The van der Waals surface area contributed by atoms with Crippen LogP contribution in [0.2, 0.25) is 0 Å². The minimum absolute atomic E-state index is 0.318. The first-order valence-electron chi connectivity index (χ1n) is 7.36. The second-order valence-electron chi connectivity index (χ2n) is 5.88. The number of fused-ring (bicyclic) bond motifs is 3. The predicted molar refractivity (Wildman–Crippen MR) is 80.7 cm³/mol. The van der Waals surface area contributed by atoms with Crippen molar-refractivity contribution >= 4 is 27.9 Å². The summed E-state index contributed by atoms with van der Waals surface area (Å²) in [6, 6.07) is 5.87. The minimum atomic E-state index is -0.894. The van der Waals surface area contributed by atoms with Gasteiger partial charge in [0.15, 0.2) is 0 Å². The summed E-state index contributed by atoms with van der Waals surface area (Å²) in [7, 11) is 1.91. The highest BCUT2D eigenvalue weighted by Crippen LogP contribution is 2.38. The van der Waals surface area contributed by atoms with Crippen LogP contribution < -0.4 is 0 Å². The van der Waals surface area contributed by atoms with Gasteiger partial charge in [0.2, 0.25) is 0 Å². The second kappa shape index (κ2) is 4.35. The molecule has 2 aromatic heterocycles. The Hall–Kier alpha value is -2.30. The fraction of sp³-hybridized carbons (Fsp3) is 0.375. The Labute approximate surface area is 121 Å². The van der Waals surface area contributed by atoms with Gasteiger partial charge in [0.1, 0.15) is 5.52 Å². The van der Waals surface area contributed by atoms with E-state index in [9.17, 15) is 9.90 Å². The van der Waals surface area contributed by atoms with Crippen LogP contribution in [0.15, 0.2) is 24.4 Å². The number of nitrogens with zero attached hydrogens (tertiary/aromatic N) is 3. The van der Waals surface area contributed by atoms with Crippen LogP contribution in [0.4, 0.5) is 0 Å². The number of carboxylic acid groups (broad SMARTS) is 1. The number of hydrogen-bond acceptors (Lipinski definition) is 2. The third-order valence-electron chi connectivity index (χ3n) is 4.52. The molecule has 0 aliphatic heterocycles. The van der Waals surface area contributed by atoms with Crippen LogP contribution in [-0.2, 0) is 7.05 Å². The van der Waals surface area contributed by atoms with Crippen molar-refractivity contribution in [1.29, 1.82) is 0 Å². The molecule has 1 aromatic carbocycles. The highest BCUT2D eigenvalue weighted by atomic mass is 16.4. The lowest BCUT2D eigenvalue weighted by Crippen LogP contribution is -2.04. The molecule has 4 rings (SSSR count). The molecule has 1 saturated carbocycles. The van der Waals surface area contributed by atoms with E-state index >= 15 is 0 Å². The highest BCUT2D eigenvalue weighted by molar-refractivity contribution is 6.08. The Morgan fingerprint density at radius 3 is 2.76 bits per heavy atom. The van der Waals surface area contributed by atoms with Gasteiger partial charge in [-0.1, -0.05) is 12.8 Å². The fourth-order valence-electron chi connectivity index (χ4n) is 3.60. The first-order chi connectivity index (χ1) is 10.1. The van der Waals surface area contributed by atoms with Gasteiger partial charge in [-0.15, -0.1) is 0 Å². The Bertz CT molecular complexity index is 853. The number of aromatic nitrogens is 3. The van der Waals surface area contributed by atoms with Gasteiger partial charge >= 0.3 is 5.97 Å². The van der Waals surface area contributed by atoms with Crippen LogP contribution in [-0.4, -0.2) is 25.4 Å². The maximum atomic E-state index is 11.2. The predicted octanol–water partition coefficient (Wildman–Crippen LogP) is 3.34. The zero-order valence-electron chi connectivity index (χ0n) is 11.9. The van der Waals surface area contributed by atoms with Crippen LogP contribution in [0.5, 0.6) is 0 Å². The van der Waals surface area contributed by atoms with Crippen molar-refractivity contribution in [1.82, 2.24) is 14.3 Å². The minimum Gasteiger partial charge on any atom is -0.478 e. The fourth-order valence-corrected chi connectivity index (χ4v) is 3.60. The number of aryl methyl sites for hydroxylation is 1. The van der Waals surface area contributed by atoms with Crippen LogP contribution in [0.1, 0.15) is 42.1 Å². The van der Waals surface area contributed by atoms with Crippen LogP contribution >= 0.6 is 0 Å². The molecular formula is C16H17N3O2. The van der Waals surface area contributed by atoms with Gasteiger partial charge in [0, 0.05) is 24.7 Å². The maximum absolute atomic E-state index is 11.2. The maximum Gasteiger partial charge on any atom is 0.335 e. The molecule has 0 atom stereocenters. The summed E-state index contributed by atoms with van der Waals surface area (Å²) in [5.41, 5.74) is 3.44. The number of hydrogen-bond donors (Lipinski definition) is 1. The van der Waals surface area contributed by atoms with E-state index in [0.29, 0.717) is 11.6 Å². The summed E-state index contributed by atoms with van der Waals surface area (Å²) in [6.07, 6.45) is 6.94. The normalized spacial score (nSPS) is 16.2. The molecule has 3 aromatic rings. The van der Waals surface area contributed by atoms with Crippen molar-refractivity contribution < 1.29 is 9.90 Å². The molecule has 0 radical (unpaired) electrons. The standard InChI is InChI=1S/C16H17N3O2/c1-18-9-14-15(17-18)12-8-10(16(20)21)6-7-13(12)19(14)11-4-2-3-5-11/h6-9,11H,2-5H2,1H3,(H,20,21). The van der Waals surface area contributed by atoms with Gasteiger partial charge in [0.05, 0.1) is 16.6 Å². The van der Waals surface area contributed by atoms with E-state index in [1.54, 1.807) is 12.1 Å². The van der Waals surface area contributed by atoms with Crippen LogP contribution in [0, 0.1) is 0 Å². The smallest absolute Gasteiger partial charge is 0.335 e. The van der Waals surface area contributed by atoms with Gasteiger partial charge in [0.25, 0.3) is 0 Å². The SMILES string of the molecule is Cn1cc2c(n1)c1cc(C(=O)O)ccc1n2C1CCCC1. The van der Waals surface area contributed by atoms with Gasteiger partial charge in [-0.3, -0.25) is 4.68 Å². The average molecular weight is 283 g/mol. The molecule has 1 aliphatic carbocycles. The molecule has 108 valence electrons. The molecule has 0 amide bonds. The molecule has 2 heterocycles. The highest BCUT2D eigenvalue weighted by Gasteiger charge is 2.23. The Balaban J connectivity index is 2.06. The first-order valence-corrected chi connectivity index (χ1v) is 7.36. The molecule has 5 nitrogen and oxygen atoms in total. The summed E-state index contributed by atoms with van der Waals surface area (Å²) in [4.78, 5) is 11.2. The molecule has 1 aliphatic rings. The second-order valence-corrected chi connectivity index (χ2v) is 5.88. The summed E-state index contributed by atoms with van der Waals surface area (Å²) in [5.74, 6) is -0.894. The molecule has 21 heavy (non-hydrogen) atoms. The molecule has 5 heteroatoms. The van der Waals surface area contributed by atoms with Gasteiger partial charge < -0.3 is 9.67 Å². The van der Waals surface area contributed by atoms with Crippen molar-refractivity contribution in [2.24, 2.45) is 7.05 Å². The summed E-state index contributed by atoms with van der Waals surface area (Å²) < 4.78 is 4.17.